The number of aryl methyl sites for hydroxylation is 1. The maximum absolute atomic E-state index is 11.9. The molecule has 3 aromatic rings. The van der Waals surface area contributed by atoms with Crippen LogP contribution in [-0.4, -0.2) is 26.4 Å². The number of carbonyl (C=O) groups is 1. The van der Waals surface area contributed by atoms with Gasteiger partial charge in [-0.25, -0.2) is 0 Å². The fourth-order valence-electron chi connectivity index (χ4n) is 2.29. The van der Waals surface area contributed by atoms with E-state index >= 15 is 0 Å². The van der Waals surface area contributed by atoms with Crippen LogP contribution in [0.25, 0.3) is 0 Å². The van der Waals surface area contributed by atoms with Gasteiger partial charge in [0.2, 0.25) is 5.91 Å². The summed E-state index contributed by atoms with van der Waals surface area (Å²) >= 11 is 7.27. The van der Waals surface area contributed by atoms with Crippen LogP contribution in [0.5, 0.6) is 5.75 Å². The average molecular weight is 407 g/mol. The summed E-state index contributed by atoms with van der Waals surface area (Å²) < 4.78 is 12.8. The predicted octanol–water partition coefficient (Wildman–Crippen LogP) is 3.36. The number of nitrogens with one attached hydrogen (secondary N) is 1. The lowest BCUT2D eigenvalue weighted by molar-refractivity contribution is -0.118. The average Bonchev–Trinajstić information content (AvgIpc) is 3.28. The minimum absolute atomic E-state index is 0.103. The van der Waals surface area contributed by atoms with Crippen LogP contribution >= 0.6 is 23.4 Å². The Hall–Kier alpha value is -2.45. The molecule has 0 fully saturated rings. The molecular weight excluding hydrogens is 388 g/mol. The minimum atomic E-state index is -0.103. The zero-order valence-electron chi connectivity index (χ0n) is 14.9. The summed E-state index contributed by atoms with van der Waals surface area (Å²) in [6.07, 6.45) is 1.57. The van der Waals surface area contributed by atoms with Gasteiger partial charge in [0.25, 0.3) is 0 Å². The highest BCUT2D eigenvalue weighted by Gasteiger charge is 2.12. The molecule has 9 heteroatoms. The Balaban J connectivity index is 1.50. The molecule has 0 radical (unpaired) electrons. The van der Waals surface area contributed by atoms with Crippen molar-refractivity contribution < 1.29 is 13.9 Å². The Morgan fingerprint density at radius 1 is 1.37 bits per heavy atom. The Morgan fingerprint density at radius 3 is 2.96 bits per heavy atom. The largest absolute Gasteiger partial charge is 0.485 e. The molecule has 0 unspecified atom stereocenters. The van der Waals surface area contributed by atoms with Crippen molar-refractivity contribution >= 4 is 29.3 Å². The number of hydrogen-bond donors (Lipinski definition) is 1. The van der Waals surface area contributed by atoms with E-state index in [9.17, 15) is 4.79 Å². The van der Waals surface area contributed by atoms with Crippen molar-refractivity contribution in [3.63, 3.8) is 0 Å². The number of furan rings is 1. The Kier molecular flexibility index (Phi) is 6.41. The van der Waals surface area contributed by atoms with Crippen LogP contribution in [0.1, 0.15) is 17.1 Å². The third-order valence-corrected chi connectivity index (χ3v) is 5.05. The van der Waals surface area contributed by atoms with E-state index in [4.69, 9.17) is 20.8 Å². The van der Waals surface area contributed by atoms with Crippen LogP contribution in [0.15, 0.2) is 46.2 Å². The first-order valence-corrected chi connectivity index (χ1v) is 9.58. The zero-order chi connectivity index (χ0) is 19.2. The van der Waals surface area contributed by atoms with Crippen molar-refractivity contribution in [2.24, 2.45) is 7.05 Å². The summed E-state index contributed by atoms with van der Waals surface area (Å²) in [7, 11) is 1.84. The van der Waals surface area contributed by atoms with Crippen molar-refractivity contribution in [2.75, 3.05) is 5.75 Å². The molecule has 0 spiro atoms. The number of carbonyl (C=O) groups excluding carboxylic acids is 1. The van der Waals surface area contributed by atoms with Crippen LogP contribution in [0.4, 0.5) is 0 Å². The standard InChI is InChI=1S/C18H19ClN4O3S/c1-12-8-13(19)5-6-15(12)26-10-16-21-22-18(23(16)2)27-11-17(24)20-9-14-4-3-7-25-14/h3-8H,9-11H2,1-2H3,(H,20,24). The summed E-state index contributed by atoms with van der Waals surface area (Å²) in [5, 5.41) is 12.4. The molecule has 0 aliphatic carbocycles. The van der Waals surface area contributed by atoms with E-state index in [0.717, 1.165) is 11.3 Å². The normalized spacial score (nSPS) is 10.8. The fourth-order valence-corrected chi connectivity index (χ4v) is 3.28. The van der Waals surface area contributed by atoms with Crippen molar-refractivity contribution in [1.29, 1.82) is 0 Å². The van der Waals surface area contributed by atoms with Gasteiger partial charge >= 0.3 is 0 Å². The first-order chi connectivity index (χ1) is 13.0. The molecule has 0 aliphatic rings. The number of ether oxygens (including phenoxy) is 1. The molecule has 1 aromatic carbocycles. The smallest absolute Gasteiger partial charge is 0.230 e. The molecule has 0 bridgehead atoms. The number of rotatable bonds is 8. The summed E-state index contributed by atoms with van der Waals surface area (Å²) in [6.45, 7) is 2.57. The summed E-state index contributed by atoms with van der Waals surface area (Å²) in [5.41, 5.74) is 0.951. The van der Waals surface area contributed by atoms with Gasteiger partial charge in [0.15, 0.2) is 11.0 Å². The third kappa shape index (κ3) is 5.27. The van der Waals surface area contributed by atoms with E-state index in [2.05, 4.69) is 15.5 Å². The Bertz CT molecular complexity index is 911. The van der Waals surface area contributed by atoms with Crippen LogP contribution in [-0.2, 0) is 25.0 Å². The molecule has 0 aliphatic heterocycles. The highest BCUT2D eigenvalue weighted by atomic mass is 35.5. The van der Waals surface area contributed by atoms with E-state index in [-0.39, 0.29) is 18.3 Å². The predicted molar refractivity (Wildman–Crippen MR) is 103 cm³/mol. The minimum Gasteiger partial charge on any atom is -0.485 e. The number of amides is 1. The van der Waals surface area contributed by atoms with Gasteiger partial charge in [-0.15, -0.1) is 10.2 Å². The Labute approximate surface area is 166 Å². The monoisotopic (exact) mass is 406 g/mol. The molecule has 0 saturated heterocycles. The molecule has 1 N–H and O–H groups in total. The van der Waals surface area contributed by atoms with Crippen molar-refractivity contribution in [2.45, 2.75) is 25.2 Å². The molecular formula is C18H19ClN4O3S. The fraction of sp³-hybridized carbons (Fsp3) is 0.278. The second-order valence-electron chi connectivity index (χ2n) is 5.80. The number of thioether (sulfide) groups is 1. The highest BCUT2D eigenvalue weighted by molar-refractivity contribution is 7.99. The number of nitrogens with zero attached hydrogens (tertiary/aromatic N) is 3. The SMILES string of the molecule is Cc1cc(Cl)ccc1OCc1nnc(SCC(=O)NCc2ccco2)n1C. The lowest BCUT2D eigenvalue weighted by Crippen LogP contribution is -2.24. The summed E-state index contributed by atoms with van der Waals surface area (Å²) in [4.78, 5) is 11.9. The lowest BCUT2D eigenvalue weighted by atomic mass is 10.2. The first-order valence-electron chi connectivity index (χ1n) is 8.22. The van der Waals surface area contributed by atoms with E-state index in [0.29, 0.717) is 28.3 Å². The van der Waals surface area contributed by atoms with Crippen LogP contribution in [0.3, 0.4) is 0 Å². The highest BCUT2D eigenvalue weighted by Crippen LogP contribution is 2.23. The van der Waals surface area contributed by atoms with Gasteiger partial charge in [0.05, 0.1) is 18.6 Å². The maximum atomic E-state index is 11.9. The van der Waals surface area contributed by atoms with Gasteiger partial charge in [-0.2, -0.15) is 0 Å². The molecule has 7 nitrogen and oxygen atoms in total. The molecule has 3 rings (SSSR count). The molecule has 142 valence electrons. The van der Waals surface area contributed by atoms with E-state index in [1.165, 1.54) is 11.8 Å². The van der Waals surface area contributed by atoms with Crippen molar-refractivity contribution in [3.8, 4) is 5.75 Å². The maximum Gasteiger partial charge on any atom is 0.230 e. The van der Waals surface area contributed by atoms with Crippen LogP contribution < -0.4 is 10.1 Å². The van der Waals surface area contributed by atoms with Gasteiger partial charge < -0.3 is 19.0 Å². The lowest BCUT2D eigenvalue weighted by Gasteiger charge is -2.09. The van der Waals surface area contributed by atoms with E-state index < -0.39 is 0 Å². The Morgan fingerprint density at radius 2 is 2.22 bits per heavy atom. The zero-order valence-corrected chi connectivity index (χ0v) is 16.5. The van der Waals surface area contributed by atoms with Gasteiger partial charge in [0, 0.05) is 12.1 Å². The van der Waals surface area contributed by atoms with Crippen molar-refractivity contribution in [3.05, 3.63) is 58.8 Å². The van der Waals surface area contributed by atoms with Gasteiger partial charge in [-0.05, 0) is 42.8 Å². The van der Waals surface area contributed by atoms with Crippen molar-refractivity contribution in [1.82, 2.24) is 20.1 Å². The van der Waals surface area contributed by atoms with Crippen LogP contribution in [0.2, 0.25) is 5.02 Å². The third-order valence-electron chi connectivity index (χ3n) is 3.79. The molecule has 0 atom stereocenters. The number of aromatic nitrogens is 3. The van der Waals surface area contributed by atoms with E-state index in [1.54, 1.807) is 18.4 Å². The summed E-state index contributed by atoms with van der Waals surface area (Å²) in [6, 6.07) is 9.04. The van der Waals surface area contributed by atoms with Gasteiger partial charge in [-0.3, -0.25) is 4.79 Å². The first kappa shape index (κ1) is 19.3. The molecule has 2 aromatic heterocycles. The molecule has 27 heavy (non-hydrogen) atoms. The summed E-state index contributed by atoms with van der Waals surface area (Å²) in [5.74, 6) is 2.26. The van der Waals surface area contributed by atoms with Gasteiger partial charge in [-0.1, -0.05) is 23.4 Å². The molecule has 0 saturated carbocycles. The topological polar surface area (TPSA) is 82.2 Å². The quantitative estimate of drug-likeness (QED) is 0.577. The second-order valence-corrected chi connectivity index (χ2v) is 7.18. The van der Waals surface area contributed by atoms with Crippen LogP contribution in [0, 0.1) is 6.92 Å². The van der Waals surface area contributed by atoms with Gasteiger partial charge in [0.1, 0.15) is 18.1 Å². The van der Waals surface area contributed by atoms with E-state index in [1.807, 2.05) is 36.7 Å². The second kappa shape index (κ2) is 8.96. The number of benzene rings is 1. The number of halogens is 1. The molecule has 1 amide bonds. The number of hydrogen-bond acceptors (Lipinski definition) is 6. The molecule has 2 heterocycles.